The summed E-state index contributed by atoms with van der Waals surface area (Å²) in [5.41, 5.74) is 1.78. The van der Waals surface area contributed by atoms with Gasteiger partial charge in [-0.1, -0.05) is 12.1 Å². The van der Waals surface area contributed by atoms with Gasteiger partial charge in [0.25, 0.3) is 0 Å². The lowest BCUT2D eigenvalue weighted by Gasteiger charge is -2.11. The molecular weight excluding hydrogens is 287 g/mol. The first-order chi connectivity index (χ1) is 10.1. The van der Waals surface area contributed by atoms with Gasteiger partial charge in [-0.15, -0.1) is 11.3 Å². The van der Waals surface area contributed by atoms with Crippen LogP contribution in [-0.4, -0.2) is 12.2 Å². The minimum absolute atomic E-state index is 0.259. The number of rotatable bonds is 3. The van der Waals surface area contributed by atoms with Gasteiger partial charge in [-0.25, -0.2) is 4.39 Å². The number of hydrogen-bond donors (Lipinski definition) is 1. The molecular formula is C17H15FO2S. The third kappa shape index (κ3) is 2.64. The van der Waals surface area contributed by atoms with Gasteiger partial charge in [0.05, 0.1) is 7.11 Å². The first-order valence-electron chi connectivity index (χ1n) is 6.60. The second-order valence-corrected chi connectivity index (χ2v) is 6.08. The van der Waals surface area contributed by atoms with Gasteiger partial charge >= 0.3 is 0 Å². The van der Waals surface area contributed by atoms with Crippen molar-refractivity contribution in [2.24, 2.45) is 0 Å². The van der Waals surface area contributed by atoms with E-state index in [1.54, 1.807) is 13.2 Å². The van der Waals surface area contributed by atoms with E-state index in [-0.39, 0.29) is 5.82 Å². The van der Waals surface area contributed by atoms with Gasteiger partial charge in [-0.3, -0.25) is 0 Å². The summed E-state index contributed by atoms with van der Waals surface area (Å²) >= 11 is 1.41. The lowest BCUT2D eigenvalue weighted by Crippen LogP contribution is -1.98. The van der Waals surface area contributed by atoms with E-state index < -0.39 is 6.10 Å². The Balaban J connectivity index is 1.99. The summed E-state index contributed by atoms with van der Waals surface area (Å²) in [4.78, 5) is 0.806. The van der Waals surface area contributed by atoms with Crippen molar-refractivity contribution < 1.29 is 14.2 Å². The number of halogens is 1. The van der Waals surface area contributed by atoms with Gasteiger partial charge in [0.2, 0.25) is 0 Å². The Morgan fingerprint density at radius 3 is 2.67 bits per heavy atom. The molecule has 1 heterocycles. The fourth-order valence-electron chi connectivity index (χ4n) is 2.40. The van der Waals surface area contributed by atoms with Crippen LogP contribution in [0.1, 0.15) is 22.1 Å². The van der Waals surface area contributed by atoms with Crippen LogP contribution in [0.2, 0.25) is 0 Å². The second-order valence-electron chi connectivity index (χ2n) is 4.96. The molecule has 1 atom stereocenters. The van der Waals surface area contributed by atoms with Crippen molar-refractivity contribution in [3.05, 3.63) is 64.3 Å². The van der Waals surface area contributed by atoms with Crippen molar-refractivity contribution in [1.82, 2.24) is 0 Å². The van der Waals surface area contributed by atoms with E-state index in [1.807, 2.05) is 31.2 Å². The highest BCUT2D eigenvalue weighted by atomic mass is 32.1. The van der Waals surface area contributed by atoms with E-state index in [0.717, 1.165) is 31.8 Å². The molecule has 21 heavy (non-hydrogen) atoms. The first kappa shape index (κ1) is 14.0. The van der Waals surface area contributed by atoms with Gasteiger partial charge in [0.15, 0.2) is 0 Å². The van der Waals surface area contributed by atoms with Crippen LogP contribution in [0, 0.1) is 12.7 Å². The number of benzene rings is 2. The molecule has 4 heteroatoms. The zero-order valence-corrected chi connectivity index (χ0v) is 12.6. The van der Waals surface area contributed by atoms with Crippen molar-refractivity contribution in [3.8, 4) is 5.75 Å². The van der Waals surface area contributed by atoms with E-state index >= 15 is 0 Å². The average Bonchev–Trinajstić information content (AvgIpc) is 2.89. The number of hydrogen-bond acceptors (Lipinski definition) is 3. The zero-order chi connectivity index (χ0) is 15.0. The summed E-state index contributed by atoms with van der Waals surface area (Å²) in [6, 6.07) is 12.2. The van der Waals surface area contributed by atoms with Gasteiger partial charge in [0, 0.05) is 9.58 Å². The van der Waals surface area contributed by atoms with Crippen molar-refractivity contribution in [2.75, 3.05) is 7.11 Å². The molecule has 0 spiro atoms. The molecule has 0 fully saturated rings. The summed E-state index contributed by atoms with van der Waals surface area (Å²) in [6.45, 7) is 1.94. The molecule has 0 bridgehead atoms. The minimum Gasteiger partial charge on any atom is -0.496 e. The highest BCUT2D eigenvalue weighted by molar-refractivity contribution is 7.19. The van der Waals surface area contributed by atoms with Crippen molar-refractivity contribution in [2.45, 2.75) is 13.0 Å². The molecule has 108 valence electrons. The lowest BCUT2D eigenvalue weighted by molar-refractivity contribution is 0.224. The highest BCUT2D eigenvalue weighted by Crippen LogP contribution is 2.34. The number of aryl methyl sites for hydroxylation is 1. The second kappa shape index (κ2) is 5.47. The number of aliphatic hydroxyl groups is 1. The minimum atomic E-state index is -0.713. The Labute approximate surface area is 126 Å². The molecule has 1 aromatic heterocycles. The molecule has 0 aliphatic rings. The van der Waals surface area contributed by atoms with Crippen LogP contribution in [0.4, 0.5) is 4.39 Å². The Morgan fingerprint density at radius 1 is 1.14 bits per heavy atom. The molecule has 2 aromatic carbocycles. The monoisotopic (exact) mass is 302 g/mol. The van der Waals surface area contributed by atoms with Crippen LogP contribution in [0.15, 0.2) is 42.5 Å². The van der Waals surface area contributed by atoms with Crippen LogP contribution in [0.5, 0.6) is 5.75 Å². The van der Waals surface area contributed by atoms with Gasteiger partial charge in [-0.2, -0.15) is 0 Å². The topological polar surface area (TPSA) is 29.5 Å². The molecule has 3 rings (SSSR count). The fourth-order valence-corrected chi connectivity index (χ4v) is 3.50. The fraction of sp³-hybridized carbons (Fsp3) is 0.176. The van der Waals surface area contributed by atoms with Crippen molar-refractivity contribution in [1.29, 1.82) is 0 Å². The molecule has 0 amide bonds. The van der Waals surface area contributed by atoms with Crippen LogP contribution in [0.25, 0.3) is 10.1 Å². The van der Waals surface area contributed by atoms with Gasteiger partial charge in [0.1, 0.15) is 17.7 Å². The Kier molecular flexibility index (Phi) is 3.66. The van der Waals surface area contributed by atoms with Crippen molar-refractivity contribution >= 4 is 21.4 Å². The summed E-state index contributed by atoms with van der Waals surface area (Å²) in [6.07, 6.45) is -0.713. The smallest absolute Gasteiger partial charge is 0.124 e. The van der Waals surface area contributed by atoms with E-state index in [4.69, 9.17) is 4.74 Å². The normalized spacial score (nSPS) is 12.6. The zero-order valence-electron chi connectivity index (χ0n) is 11.8. The van der Waals surface area contributed by atoms with Crippen LogP contribution >= 0.6 is 11.3 Å². The summed E-state index contributed by atoms with van der Waals surface area (Å²) in [5.74, 6) is 0.537. The predicted molar refractivity (Wildman–Crippen MR) is 83.6 cm³/mol. The number of thiophene rings is 1. The predicted octanol–water partition coefficient (Wildman–Crippen LogP) is 4.44. The van der Waals surface area contributed by atoms with E-state index in [2.05, 4.69) is 0 Å². The Morgan fingerprint density at radius 2 is 1.95 bits per heavy atom. The molecule has 1 unspecified atom stereocenters. The number of ether oxygens (including phenoxy) is 1. The summed E-state index contributed by atoms with van der Waals surface area (Å²) in [5, 5.41) is 11.5. The highest BCUT2D eigenvalue weighted by Gasteiger charge is 2.15. The lowest BCUT2D eigenvalue weighted by atomic mass is 10.0. The molecule has 0 radical (unpaired) electrons. The average molecular weight is 302 g/mol. The largest absolute Gasteiger partial charge is 0.496 e. The third-order valence-electron chi connectivity index (χ3n) is 3.51. The van der Waals surface area contributed by atoms with Crippen LogP contribution < -0.4 is 4.74 Å². The quantitative estimate of drug-likeness (QED) is 0.775. The maximum Gasteiger partial charge on any atom is 0.124 e. The standard InChI is InChI=1S/C17H15FO2S/c1-10-7-12(4-6-14(10)20-2)17(19)16-8-11-3-5-13(18)9-15(11)21-16/h3-9,17,19H,1-2H3. The molecule has 0 saturated heterocycles. The molecule has 0 saturated carbocycles. The molecule has 3 aromatic rings. The number of fused-ring (bicyclic) bond motifs is 1. The van der Waals surface area contributed by atoms with Crippen LogP contribution in [-0.2, 0) is 0 Å². The maximum absolute atomic E-state index is 13.2. The van der Waals surface area contributed by atoms with Crippen molar-refractivity contribution in [3.63, 3.8) is 0 Å². The molecule has 1 N–H and O–H groups in total. The van der Waals surface area contributed by atoms with Gasteiger partial charge in [-0.05, 0) is 53.8 Å². The molecule has 0 aliphatic heterocycles. The maximum atomic E-state index is 13.2. The third-order valence-corrected chi connectivity index (χ3v) is 4.66. The summed E-state index contributed by atoms with van der Waals surface area (Å²) in [7, 11) is 1.62. The Hall–Kier alpha value is -1.91. The van der Waals surface area contributed by atoms with Gasteiger partial charge < -0.3 is 9.84 Å². The number of methoxy groups -OCH3 is 1. The van der Waals surface area contributed by atoms with E-state index in [0.29, 0.717) is 0 Å². The van der Waals surface area contributed by atoms with E-state index in [1.165, 1.54) is 23.5 Å². The first-order valence-corrected chi connectivity index (χ1v) is 7.42. The SMILES string of the molecule is COc1ccc(C(O)c2cc3ccc(F)cc3s2)cc1C. The van der Waals surface area contributed by atoms with E-state index in [9.17, 15) is 9.50 Å². The number of aliphatic hydroxyl groups excluding tert-OH is 1. The Bertz CT molecular complexity index is 795. The summed E-state index contributed by atoms with van der Waals surface area (Å²) < 4.78 is 19.3. The molecule has 0 aliphatic carbocycles. The molecule has 2 nitrogen and oxygen atoms in total. The van der Waals surface area contributed by atoms with Crippen LogP contribution in [0.3, 0.4) is 0 Å².